The van der Waals surface area contributed by atoms with Gasteiger partial charge in [-0.3, -0.25) is 29.6 Å². The number of hydrogen-bond donors (Lipinski definition) is 1. The third-order valence-corrected chi connectivity index (χ3v) is 7.13. The molecule has 2 aromatic rings. The van der Waals surface area contributed by atoms with E-state index in [1.165, 1.54) is 16.2 Å². The topological polar surface area (TPSA) is 105 Å². The summed E-state index contributed by atoms with van der Waals surface area (Å²) in [5.41, 5.74) is 0.670. The number of aromatic nitrogens is 3. The minimum atomic E-state index is -0.828. The van der Waals surface area contributed by atoms with E-state index >= 15 is 0 Å². The molecular weight excluding hydrogens is 422 g/mol. The highest BCUT2D eigenvalue weighted by Gasteiger charge is 2.51. The highest BCUT2D eigenvalue weighted by Crippen LogP contribution is 2.39. The van der Waals surface area contributed by atoms with Gasteiger partial charge in [0.05, 0.1) is 11.8 Å². The number of fused-ring (bicyclic) bond motifs is 1. The first-order valence-corrected chi connectivity index (χ1v) is 12.2. The van der Waals surface area contributed by atoms with Crippen molar-refractivity contribution < 1.29 is 14.4 Å². The van der Waals surface area contributed by atoms with Gasteiger partial charge in [-0.15, -0.1) is 10.2 Å². The van der Waals surface area contributed by atoms with Crippen molar-refractivity contribution in [3.63, 3.8) is 0 Å². The average Bonchev–Trinajstić information content (AvgIpc) is 3.33. The Kier molecular flexibility index (Phi) is 6.43. The smallest absolute Gasteiger partial charge is 0.249 e. The van der Waals surface area contributed by atoms with Crippen LogP contribution in [-0.2, 0) is 14.4 Å². The van der Waals surface area contributed by atoms with Crippen LogP contribution in [0.25, 0.3) is 10.7 Å². The molecule has 0 aromatic carbocycles. The lowest BCUT2D eigenvalue weighted by Crippen LogP contribution is -2.48. The molecule has 1 aliphatic heterocycles. The first-order valence-electron chi connectivity index (χ1n) is 10.0. The first-order chi connectivity index (χ1) is 14.6. The van der Waals surface area contributed by atoms with Crippen LogP contribution >= 0.6 is 23.1 Å². The van der Waals surface area contributed by atoms with Gasteiger partial charge >= 0.3 is 0 Å². The Hall–Kier alpha value is -2.33. The molecule has 1 aliphatic carbocycles. The summed E-state index contributed by atoms with van der Waals surface area (Å²) < 4.78 is 0. The molecule has 3 unspecified atom stereocenters. The molecule has 1 saturated carbocycles. The monoisotopic (exact) mass is 445 g/mol. The Labute approximate surface area is 182 Å². The molecule has 158 valence electrons. The summed E-state index contributed by atoms with van der Waals surface area (Å²) in [7, 11) is 0. The molecule has 10 heteroatoms. The Morgan fingerprint density at radius 1 is 1.23 bits per heavy atom. The van der Waals surface area contributed by atoms with Crippen LogP contribution < -0.4 is 5.32 Å². The molecule has 1 N–H and O–H groups in total. The van der Waals surface area contributed by atoms with Crippen molar-refractivity contribution in [2.45, 2.75) is 38.1 Å². The van der Waals surface area contributed by atoms with E-state index in [1.54, 1.807) is 18.0 Å². The molecule has 0 spiro atoms. The maximum atomic E-state index is 13.1. The fourth-order valence-electron chi connectivity index (χ4n) is 4.16. The molecule has 3 atom stereocenters. The van der Waals surface area contributed by atoms with Gasteiger partial charge in [0.25, 0.3) is 0 Å². The predicted octanol–water partition coefficient (Wildman–Crippen LogP) is 2.84. The second kappa shape index (κ2) is 9.22. The van der Waals surface area contributed by atoms with Gasteiger partial charge in [0.15, 0.2) is 5.01 Å². The number of carbonyl (C=O) groups is 3. The molecular formula is C20H23N5O3S2. The fourth-order valence-corrected chi connectivity index (χ4v) is 5.34. The molecule has 3 amide bonds. The summed E-state index contributed by atoms with van der Waals surface area (Å²) in [5.74, 6) is -0.663. The first kappa shape index (κ1) is 20.9. The molecule has 2 aromatic heterocycles. The number of amides is 3. The summed E-state index contributed by atoms with van der Waals surface area (Å²) in [5, 5.41) is 11.8. The predicted molar refractivity (Wildman–Crippen MR) is 116 cm³/mol. The van der Waals surface area contributed by atoms with Crippen LogP contribution in [0.5, 0.6) is 0 Å². The summed E-state index contributed by atoms with van der Waals surface area (Å²) in [6.45, 7) is 0. The van der Waals surface area contributed by atoms with Crippen LogP contribution in [0.2, 0.25) is 0 Å². The van der Waals surface area contributed by atoms with Crippen molar-refractivity contribution in [3.8, 4) is 10.7 Å². The number of carbonyl (C=O) groups excluding carboxylic acids is 3. The van der Waals surface area contributed by atoms with Crippen LogP contribution in [0.15, 0.2) is 24.4 Å². The van der Waals surface area contributed by atoms with Crippen molar-refractivity contribution >= 4 is 46.0 Å². The van der Waals surface area contributed by atoms with E-state index in [1.807, 2.05) is 24.5 Å². The molecule has 8 nitrogen and oxygen atoms in total. The maximum absolute atomic E-state index is 13.1. The van der Waals surface area contributed by atoms with E-state index < -0.39 is 11.9 Å². The molecule has 4 rings (SSSR count). The van der Waals surface area contributed by atoms with E-state index in [-0.39, 0.29) is 23.7 Å². The Morgan fingerprint density at radius 2 is 1.97 bits per heavy atom. The van der Waals surface area contributed by atoms with Gasteiger partial charge in [-0.1, -0.05) is 30.2 Å². The number of pyridine rings is 1. The number of hydrogen-bond acceptors (Lipinski definition) is 8. The quantitative estimate of drug-likeness (QED) is 0.653. The van der Waals surface area contributed by atoms with Gasteiger partial charge in [0.2, 0.25) is 22.9 Å². The van der Waals surface area contributed by atoms with Crippen LogP contribution in [0, 0.1) is 11.8 Å². The van der Waals surface area contributed by atoms with Crippen molar-refractivity contribution in [3.05, 3.63) is 24.4 Å². The van der Waals surface area contributed by atoms with Crippen molar-refractivity contribution in [1.29, 1.82) is 0 Å². The number of nitrogens with one attached hydrogen (secondary N) is 1. The standard InChI is InChI=1S/C20H23N5O3S2/c1-29-11-9-15(25-18(27)12-6-2-3-7-13(12)19(25)28)16(26)22-20-24-23-17(30-20)14-8-4-5-10-21-14/h4-5,8,10,12-13,15H,2-3,6-7,9,11H2,1H3,(H,22,24,26). The van der Waals surface area contributed by atoms with Crippen molar-refractivity contribution in [2.75, 3.05) is 17.3 Å². The van der Waals surface area contributed by atoms with Crippen LogP contribution in [0.4, 0.5) is 5.13 Å². The van der Waals surface area contributed by atoms with E-state index in [9.17, 15) is 14.4 Å². The minimum absolute atomic E-state index is 0.197. The van der Waals surface area contributed by atoms with E-state index in [0.29, 0.717) is 28.0 Å². The van der Waals surface area contributed by atoms with Crippen LogP contribution in [0.3, 0.4) is 0 Å². The number of rotatable bonds is 7. The molecule has 2 fully saturated rings. The van der Waals surface area contributed by atoms with Gasteiger partial charge in [-0.05, 0) is 43.4 Å². The molecule has 3 heterocycles. The maximum Gasteiger partial charge on any atom is 0.249 e. The Balaban J connectivity index is 1.52. The van der Waals surface area contributed by atoms with E-state index in [0.717, 1.165) is 25.7 Å². The van der Waals surface area contributed by atoms with Gasteiger partial charge in [-0.2, -0.15) is 11.8 Å². The summed E-state index contributed by atoms with van der Waals surface area (Å²) >= 11 is 2.79. The van der Waals surface area contributed by atoms with Crippen LogP contribution in [-0.4, -0.2) is 55.9 Å². The van der Waals surface area contributed by atoms with Gasteiger partial charge in [0, 0.05) is 6.20 Å². The summed E-state index contributed by atoms with van der Waals surface area (Å²) in [4.78, 5) is 44.5. The lowest BCUT2D eigenvalue weighted by atomic mass is 9.81. The average molecular weight is 446 g/mol. The summed E-state index contributed by atoms with van der Waals surface area (Å²) in [6, 6.07) is 4.65. The SMILES string of the molecule is CSCCC(C(=O)Nc1nnc(-c2ccccn2)s1)N1C(=O)C2CCCCC2C1=O. The number of thioether (sulfide) groups is 1. The second-order valence-electron chi connectivity index (χ2n) is 7.46. The highest BCUT2D eigenvalue weighted by molar-refractivity contribution is 7.98. The lowest BCUT2D eigenvalue weighted by Gasteiger charge is -2.25. The number of imide groups is 1. The third-order valence-electron chi connectivity index (χ3n) is 5.62. The second-order valence-corrected chi connectivity index (χ2v) is 9.42. The zero-order chi connectivity index (χ0) is 21.1. The van der Waals surface area contributed by atoms with Crippen molar-refractivity contribution in [2.24, 2.45) is 11.8 Å². The molecule has 2 aliphatic rings. The zero-order valence-electron chi connectivity index (χ0n) is 16.6. The van der Waals surface area contributed by atoms with Gasteiger partial charge in [0.1, 0.15) is 11.7 Å². The van der Waals surface area contributed by atoms with E-state index in [2.05, 4.69) is 20.5 Å². The highest BCUT2D eigenvalue weighted by atomic mass is 32.2. The van der Waals surface area contributed by atoms with E-state index in [4.69, 9.17) is 0 Å². The molecule has 0 radical (unpaired) electrons. The number of likely N-dealkylation sites (tertiary alicyclic amines) is 1. The summed E-state index contributed by atoms with van der Waals surface area (Å²) in [6.07, 6.45) is 7.38. The minimum Gasteiger partial charge on any atom is -0.299 e. The Bertz CT molecular complexity index is 912. The normalized spacial score (nSPS) is 22.1. The molecule has 1 saturated heterocycles. The third kappa shape index (κ3) is 4.11. The number of anilines is 1. The largest absolute Gasteiger partial charge is 0.299 e. The lowest BCUT2D eigenvalue weighted by molar-refractivity contribution is -0.146. The zero-order valence-corrected chi connectivity index (χ0v) is 18.2. The number of nitrogens with zero attached hydrogens (tertiary/aromatic N) is 4. The van der Waals surface area contributed by atoms with Crippen molar-refractivity contribution in [1.82, 2.24) is 20.1 Å². The molecule has 30 heavy (non-hydrogen) atoms. The van der Waals surface area contributed by atoms with Gasteiger partial charge in [-0.25, -0.2) is 0 Å². The van der Waals surface area contributed by atoms with Crippen LogP contribution in [0.1, 0.15) is 32.1 Å². The Morgan fingerprint density at radius 3 is 2.60 bits per heavy atom. The fraction of sp³-hybridized carbons (Fsp3) is 0.500. The molecule has 0 bridgehead atoms. The van der Waals surface area contributed by atoms with Gasteiger partial charge < -0.3 is 0 Å².